The van der Waals surface area contributed by atoms with Crippen molar-refractivity contribution in [1.82, 2.24) is 10.2 Å². The second kappa shape index (κ2) is 2.85. The fourth-order valence-electron chi connectivity index (χ4n) is 0.945. The van der Waals surface area contributed by atoms with Crippen molar-refractivity contribution in [2.24, 2.45) is 0 Å². The molecule has 0 aliphatic carbocycles. The number of aromatic hydroxyl groups is 1. The molecule has 13 heavy (non-hydrogen) atoms. The normalized spacial score (nSPS) is 10.2. The number of benzene rings is 1. The first-order valence-corrected chi connectivity index (χ1v) is 3.52. The van der Waals surface area contributed by atoms with Crippen LogP contribution in [0.3, 0.4) is 0 Å². The van der Waals surface area contributed by atoms with Gasteiger partial charge in [0, 0.05) is 5.56 Å². The van der Waals surface area contributed by atoms with Gasteiger partial charge in [-0.2, -0.15) is 0 Å². The van der Waals surface area contributed by atoms with Crippen molar-refractivity contribution in [2.75, 3.05) is 0 Å². The van der Waals surface area contributed by atoms with Gasteiger partial charge in [0.25, 0.3) is 0 Å². The van der Waals surface area contributed by atoms with Crippen LogP contribution in [0.1, 0.15) is 0 Å². The first-order chi connectivity index (χ1) is 6.27. The smallest absolute Gasteiger partial charge is 0.247 e. The van der Waals surface area contributed by atoms with Crippen molar-refractivity contribution in [3.63, 3.8) is 0 Å². The molecule has 0 aliphatic rings. The highest BCUT2D eigenvalue weighted by Crippen LogP contribution is 2.23. The van der Waals surface area contributed by atoms with E-state index in [1.165, 1.54) is 12.1 Å². The first-order valence-electron chi connectivity index (χ1n) is 3.52. The predicted octanol–water partition coefficient (Wildman–Crippen LogP) is 1.58. The molecule has 0 saturated carbocycles. The number of hydrogen-bond donors (Lipinski definition) is 1. The lowest BCUT2D eigenvalue weighted by molar-refractivity contribution is 0.432. The molecule has 0 radical (unpaired) electrons. The first kappa shape index (κ1) is 7.72. The van der Waals surface area contributed by atoms with E-state index in [9.17, 15) is 4.39 Å². The molecule has 2 aromatic rings. The molecule has 66 valence electrons. The Balaban J connectivity index is 2.49. The fraction of sp³-hybridized carbons (Fsp3) is 0. The molecular formula is C8H5FN2O2. The van der Waals surface area contributed by atoms with E-state index in [1.807, 2.05) is 0 Å². The number of phenolic OH excluding ortho intramolecular Hbond substituents is 1. The molecule has 1 heterocycles. The van der Waals surface area contributed by atoms with E-state index in [2.05, 4.69) is 10.2 Å². The van der Waals surface area contributed by atoms with Crippen molar-refractivity contribution in [1.29, 1.82) is 0 Å². The van der Waals surface area contributed by atoms with Crippen LogP contribution in [-0.2, 0) is 0 Å². The maximum Gasteiger partial charge on any atom is 0.247 e. The summed E-state index contributed by atoms with van der Waals surface area (Å²) in [5.74, 6) is -0.866. The molecule has 0 saturated heterocycles. The van der Waals surface area contributed by atoms with Crippen LogP contribution in [-0.4, -0.2) is 15.3 Å². The molecular weight excluding hydrogens is 175 g/mol. The summed E-state index contributed by atoms with van der Waals surface area (Å²) >= 11 is 0. The zero-order valence-electron chi connectivity index (χ0n) is 6.44. The van der Waals surface area contributed by atoms with Crippen LogP contribution < -0.4 is 0 Å². The number of aromatic nitrogens is 2. The van der Waals surface area contributed by atoms with E-state index in [0.29, 0.717) is 5.56 Å². The minimum atomic E-state index is -0.678. The Labute approximate surface area is 72.7 Å². The highest BCUT2D eigenvalue weighted by atomic mass is 19.1. The van der Waals surface area contributed by atoms with Crippen LogP contribution in [0.25, 0.3) is 11.5 Å². The highest BCUT2D eigenvalue weighted by molar-refractivity contribution is 5.55. The van der Waals surface area contributed by atoms with Crippen molar-refractivity contribution < 1.29 is 13.9 Å². The number of rotatable bonds is 1. The van der Waals surface area contributed by atoms with E-state index in [4.69, 9.17) is 9.52 Å². The van der Waals surface area contributed by atoms with Crippen LogP contribution in [0.15, 0.2) is 29.0 Å². The quantitative estimate of drug-likeness (QED) is 0.723. The maximum atomic E-state index is 12.6. The average Bonchev–Trinajstić information content (AvgIpc) is 2.62. The van der Waals surface area contributed by atoms with Gasteiger partial charge in [0.05, 0.1) is 0 Å². The molecule has 2 rings (SSSR count). The Bertz CT molecular complexity index is 414. The molecule has 0 atom stereocenters. The predicted molar refractivity (Wildman–Crippen MR) is 41.4 cm³/mol. The molecule has 5 heteroatoms. The summed E-state index contributed by atoms with van der Waals surface area (Å²) in [5.41, 5.74) is 0.483. The highest BCUT2D eigenvalue weighted by Gasteiger charge is 2.06. The standard InChI is InChI=1S/C8H5FN2O2/c9-6-2-1-5(3-7(6)12)8-11-10-4-13-8/h1-4,12H. The Morgan fingerprint density at radius 2 is 2.23 bits per heavy atom. The maximum absolute atomic E-state index is 12.6. The number of phenols is 1. The zero-order valence-corrected chi connectivity index (χ0v) is 6.44. The van der Waals surface area contributed by atoms with E-state index in [0.717, 1.165) is 12.5 Å². The SMILES string of the molecule is Oc1cc(-c2nnco2)ccc1F. The van der Waals surface area contributed by atoms with Gasteiger partial charge in [0.2, 0.25) is 12.3 Å². The minimum absolute atomic E-state index is 0.246. The topological polar surface area (TPSA) is 59.2 Å². The molecule has 1 N–H and O–H groups in total. The third kappa shape index (κ3) is 1.35. The lowest BCUT2D eigenvalue weighted by atomic mass is 10.2. The second-order valence-corrected chi connectivity index (χ2v) is 2.41. The Morgan fingerprint density at radius 1 is 1.38 bits per heavy atom. The summed E-state index contributed by atoms with van der Waals surface area (Å²) in [4.78, 5) is 0. The van der Waals surface area contributed by atoms with Gasteiger partial charge in [0.15, 0.2) is 11.6 Å². The lowest BCUT2D eigenvalue weighted by Gasteiger charge is -1.96. The zero-order chi connectivity index (χ0) is 9.26. The van der Waals surface area contributed by atoms with Crippen LogP contribution in [0.5, 0.6) is 5.75 Å². The lowest BCUT2D eigenvalue weighted by Crippen LogP contribution is -1.80. The minimum Gasteiger partial charge on any atom is -0.505 e. The summed E-state index contributed by atoms with van der Waals surface area (Å²) in [6.07, 6.45) is 1.16. The Morgan fingerprint density at radius 3 is 2.85 bits per heavy atom. The summed E-state index contributed by atoms with van der Waals surface area (Å²) in [5, 5.41) is 16.1. The monoisotopic (exact) mass is 180 g/mol. The van der Waals surface area contributed by atoms with Gasteiger partial charge in [-0.15, -0.1) is 10.2 Å². The van der Waals surface area contributed by atoms with Crippen molar-refractivity contribution in [3.05, 3.63) is 30.4 Å². The summed E-state index contributed by atoms with van der Waals surface area (Å²) in [6, 6.07) is 3.81. The van der Waals surface area contributed by atoms with Crippen molar-refractivity contribution >= 4 is 0 Å². The largest absolute Gasteiger partial charge is 0.505 e. The third-order valence-corrected chi connectivity index (χ3v) is 1.55. The molecule has 0 bridgehead atoms. The van der Waals surface area contributed by atoms with Crippen LogP contribution in [0.2, 0.25) is 0 Å². The Kier molecular flexibility index (Phi) is 1.70. The summed E-state index contributed by atoms with van der Waals surface area (Å²) in [7, 11) is 0. The van der Waals surface area contributed by atoms with Crippen molar-refractivity contribution in [3.8, 4) is 17.2 Å². The van der Waals surface area contributed by atoms with E-state index in [1.54, 1.807) is 0 Å². The van der Waals surface area contributed by atoms with Crippen molar-refractivity contribution in [2.45, 2.75) is 0 Å². The van der Waals surface area contributed by atoms with E-state index >= 15 is 0 Å². The van der Waals surface area contributed by atoms with E-state index in [-0.39, 0.29) is 5.89 Å². The molecule has 0 spiro atoms. The van der Waals surface area contributed by atoms with Gasteiger partial charge >= 0.3 is 0 Å². The molecule has 4 nitrogen and oxygen atoms in total. The number of nitrogens with zero attached hydrogens (tertiary/aromatic N) is 2. The van der Waals surface area contributed by atoms with Gasteiger partial charge in [-0.05, 0) is 18.2 Å². The molecule has 0 unspecified atom stereocenters. The van der Waals surface area contributed by atoms with Gasteiger partial charge in [0.1, 0.15) is 0 Å². The second-order valence-electron chi connectivity index (χ2n) is 2.41. The molecule has 1 aromatic heterocycles. The Hall–Kier alpha value is -1.91. The number of halogens is 1. The van der Waals surface area contributed by atoms with Gasteiger partial charge in [-0.3, -0.25) is 0 Å². The van der Waals surface area contributed by atoms with Gasteiger partial charge in [-0.1, -0.05) is 0 Å². The van der Waals surface area contributed by atoms with Gasteiger partial charge < -0.3 is 9.52 Å². The average molecular weight is 180 g/mol. The third-order valence-electron chi connectivity index (χ3n) is 1.55. The summed E-state index contributed by atoms with van der Waals surface area (Å²) < 4.78 is 17.5. The van der Waals surface area contributed by atoms with Crippen LogP contribution in [0, 0.1) is 5.82 Å². The van der Waals surface area contributed by atoms with E-state index < -0.39 is 11.6 Å². The molecule has 1 aromatic carbocycles. The number of hydrogen-bond acceptors (Lipinski definition) is 4. The summed E-state index contributed by atoms with van der Waals surface area (Å²) in [6.45, 7) is 0. The molecule has 0 amide bonds. The van der Waals surface area contributed by atoms with Crippen LogP contribution >= 0.6 is 0 Å². The fourth-order valence-corrected chi connectivity index (χ4v) is 0.945. The molecule has 0 fully saturated rings. The van der Waals surface area contributed by atoms with Gasteiger partial charge in [-0.25, -0.2) is 4.39 Å². The molecule has 0 aliphatic heterocycles. The van der Waals surface area contributed by atoms with Crippen LogP contribution in [0.4, 0.5) is 4.39 Å².